The molecule has 1 unspecified atom stereocenters. The first-order valence-corrected chi connectivity index (χ1v) is 12.3. The second kappa shape index (κ2) is 10.3. The Labute approximate surface area is 97.0 Å². The van der Waals surface area contributed by atoms with Gasteiger partial charge in [-0.15, -0.1) is 0 Å². The third-order valence-electron chi connectivity index (χ3n) is 2.76. The number of hydrogen-bond acceptors (Lipinski definition) is 1. The van der Waals surface area contributed by atoms with Crippen LogP contribution >= 0.6 is 0 Å². The van der Waals surface area contributed by atoms with Gasteiger partial charge in [-0.25, -0.2) is 0 Å². The van der Waals surface area contributed by atoms with E-state index < -0.39 is 19.8 Å². The third kappa shape index (κ3) is 8.10. The maximum atomic E-state index is 9.68. The molecule has 1 atom stereocenters. The van der Waals surface area contributed by atoms with E-state index in [1.807, 2.05) is 0 Å². The molecule has 0 aromatic rings. The summed E-state index contributed by atoms with van der Waals surface area (Å²) in [6.07, 6.45) is 6.47. The number of rotatable bonds is 9. The normalized spacial score (nSPS) is 13.5. The molecule has 0 spiro atoms. The quantitative estimate of drug-likeness (QED) is 0.642. The molecule has 1 nitrogen and oxygen atoms in total. The molecule has 0 aliphatic carbocycles. The van der Waals surface area contributed by atoms with Crippen LogP contribution in [0, 0.1) is 0 Å². The van der Waals surface area contributed by atoms with Gasteiger partial charge in [-0.1, -0.05) is 0 Å². The van der Waals surface area contributed by atoms with E-state index in [0.29, 0.717) is 0 Å². The Kier molecular flexibility index (Phi) is 10.8. The summed E-state index contributed by atoms with van der Waals surface area (Å²) in [6.45, 7) is 6.65. The van der Waals surface area contributed by atoms with Crippen LogP contribution < -0.4 is 0 Å². The van der Waals surface area contributed by atoms with Crippen LogP contribution in [0.2, 0.25) is 13.3 Å². The molecule has 0 aromatic carbocycles. The molecule has 0 saturated heterocycles. The molecule has 0 rings (SSSR count). The van der Waals surface area contributed by atoms with E-state index in [1.54, 1.807) is 0 Å². The molecule has 0 aliphatic heterocycles. The van der Waals surface area contributed by atoms with Crippen LogP contribution in [0.1, 0.15) is 52.9 Å². The summed E-state index contributed by atoms with van der Waals surface area (Å²) in [5.41, 5.74) is 0. The summed E-state index contributed by atoms with van der Waals surface area (Å²) in [7, 11) is 0. The minimum atomic E-state index is -1.16. The monoisotopic (exact) mass is 307 g/mol. The van der Waals surface area contributed by atoms with E-state index in [9.17, 15) is 5.11 Å². The molecular weight excluding hydrogens is 279 g/mol. The predicted molar refractivity (Wildman–Crippen MR) is 66.3 cm³/mol. The Morgan fingerprint density at radius 2 is 1.50 bits per heavy atom. The van der Waals surface area contributed by atoms with Crippen LogP contribution in [-0.2, 0) is 0 Å². The van der Waals surface area contributed by atoms with E-state index >= 15 is 0 Å². The fraction of sp³-hybridized carbons (Fsp3) is 1.00. The Morgan fingerprint density at radius 1 is 1.00 bits per heavy atom. The fourth-order valence-corrected chi connectivity index (χ4v) is 11.1. The van der Waals surface area contributed by atoms with E-state index in [1.165, 1.54) is 39.0 Å². The third-order valence-corrected chi connectivity index (χ3v) is 11.8. The van der Waals surface area contributed by atoms with Gasteiger partial charge in [-0.2, -0.15) is 0 Å². The van der Waals surface area contributed by atoms with Crippen LogP contribution in [0.15, 0.2) is 0 Å². The van der Waals surface area contributed by atoms with Gasteiger partial charge in [-0.05, 0) is 0 Å². The molecule has 2 heteroatoms. The van der Waals surface area contributed by atoms with Crippen molar-refractivity contribution in [1.82, 2.24) is 0 Å². The van der Waals surface area contributed by atoms with Crippen molar-refractivity contribution in [3.05, 3.63) is 0 Å². The van der Waals surface area contributed by atoms with Crippen molar-refractivity contribution in [2.45, 2.75) is 72.3 Å². The van der Waals surface area contributed by atoms with E-state index in [4.69, 9.17) is 0 Å². The van der Waals surface area contributed by atoms with Crippen LogP contribution in [0.3, 0.4) is 0 Å². The van der Waals surface area contributed by atoms with Crippen LogP contribution in [-0.4, -0.2) is 31.0 Å². The molecule has 14 heavy (non-hydrogen) atoms. The summed E-state index contributed by atoms with van der Waals surface area (Å²) in [6, 6.07) is 0. The SMILES string of the molecule is CCC[CH2][Sn]([CH2]CCC)[CH2]C(O)CC. The van der Waals surface area contributed by atoms with E-state index in [-0.39, 0.29) is 6.10 Å². The van der Waals surface area contributed by atoms with Gasteiger partial charge in [0.1, 0.15) is 0 Å². The zero-order valence-corrected chi connectivity index (χ0v) is 13.0. The first-order chi connectivity index (χ1) is 6.74. The van der Waals surface area contributed by atoms with Crippen molar-refractivity contribution < 1.29 is 5.11 Å². The van der Waals surface area contributed by atoms with Gasteiger partial charge in [0.2, 0.25) is 0 Å². The van der Waals surface area contributed by atoms with Gasteiger partial charge in [-0.3, -0.25) is 0 Å². The van der Waals surface area contributed by atoms with Crippen LogP contribution in [0.5, 0.6) is 0 Å². The topological polar surface area (TPSA) is 20.2 Å². The van der Waals surface area contributed by atoms with Crippen molar-refractivity contribution in [3.63, 3.8) is 0 Å². The molecule has 0 aromatic heterocycles. The first-order valence-electron chi connectivity index (χ1n) is 6.26. The van der Waals surface area contributed by atoms with Crippen molar-refractivity contribution >= 4 is 19.8 Å². The van der Waals surface area contributed by atoms with E-state index in [0.717, 1.165) is 6.42 Å². The number of aliphatic hydroxyl groups is 1. The zero-order chi connectivity index (χ0) is 10.8. The van der Waals surface area contributed by atoms with Crippen LogP contribution in [0.25, 0.3) is 0 Å². The van der Waals surface area contributed by atoms with Gasteiger partial charge in [0.25, 0.3) is 0 Å². The van der Waals surface area contributed by atoms with E-state index in [2.05, 4.69) is 20.8 Å². The summed E-state index contributed by atoms with van der Waals surface area (Å²) < 4.78 is 4.24. The minimum absolute atomic E-state index is 0.0260. The standard InChI is InChI=1S/C4H9O.2C4H9.Sn/c1-3-4(2)5;2*1-3-4-2;/h4-5H,2-3H2,1H3;2*1,3-4H2,2H3;. The summed E-state index contributed by atoms with van der Waals surface area (Å²) in [5.74, 6) is 0. The van der Waals surface area contributed by atoms with Crippen molar-refractivity contribution in [2.75, 3.05) is 0 Å². The number of unbranched alkanes of at least 4 members (excludes halogenated alkanes) is 2. The molecule has 0 saturated carbocycles. The number of hydrogen-bond donors (Lipinski definition) is 1. The molecule has 0 bridgehead atoms. The number of aliphatic hydroxyl groups excluding tert-OH is 1. The van der Waals surface area contributed by atoms with Crippen molar-refractivity contribution in [3.8, 4) is 0 Å². The van der Waals surface area contributed by atoms with Crippen LogP contribution in [0.4, 0.5) is 0 Å². The summed E-state index contributed by atoms with van der Waals surface area (Å²) >= 11 is -1.16. The molecule has 0 amide bonds. The fourth-order valence-electron chi connectivity index (χ4n) is 1.66. The molecule has 85 valence electrons. The molecule has 0 fully saturated rings. The van der Waals surface area contributed by atoms with Gasteiger partial charge in [0.15, 0.2) is 0 Å². The molecule has 1 radical (unpaired) electrons. The molecule has 0 aliphatic rings. The van der Waals surface area contributed by atoms with Gasteiger partial charge < -0.3 is 0 Å². The van der Waals surface area contributed by atoms with Gasteiger partial charge in [0, 0.05) is 0 Å². The Morgan fingerprint density at radius 3 is 1.86 bits per heavy atom. The Hall–Kier alpha value is 0.759. The second-order valence-corrected chi connectivity index (χ2v) is 12.5. The summed E-state index contributed by atoms with van der Waals surface area (Å²) in [4.78, 5) is 0. The van der Waals surface area contributed by atoms with Gasteiger partial charge >= 0.3 is 97.2 Å². The Bertz CT molecular complexity index is 109. The van der Waals surface area contributed by atoms with Crippen molar-refractivity contribution in [1.29, 1.82) is 0 Å². The molecule has 0 heterocycles. The summed E-state index contributed by atoms with van der Waals surface area (Å²) in [5, 5.41) is 9.68. The Balaban J connectivity index is 3.71. The zero-order valence-electron chi connectivity index (χ0n) is 10.2. The predicted octanol–water partition coefficient (Wildman–Crippen LogP) is 3.85. The average Bonchev–Trinajstić information content (AvgIpc) is 2.21. The first kappa shape index (κ1) is 14.8. The van der Waals surface area contributed by atoms with Crippen molar-refractivity contribution in [2.24, 2.45) is 0 Å². The average molecular weight is 306 g/mol. The van der Waals surface area contributed by atoms with Gasteiger partial charge in [0.05, 0.1) is 0 Å². The second-order valence-electron chi connectivity index (χ2n) is 4.22. The molecule has 1 N–H and O–H groups in total. The maximum absolute atomic E-state index is 9.68. The molecular formula is C12H27OSn.